The summed E-state index contributed by atoms with van der Waals surface area (Å²) < 4.78 is 29.2. The Bertz CT molecular complexity index is 439. The maximum atomic E-state index is 12.1. The van der Waals surface area contributed by atoms with Gasteiger partial charge in [0.15, 0.2) is 12.6 Å². The molecular weight excluding hydrogens is 254 g/mol. The van der Waals surface area contributed by atoms with Crippen LogP contribution in [0.1, 0.15) is 12.0 Å². The van der Waals surface area contributed by atoms with Gasteiger partial charge in [0.05, 0.1) is 0 Å². The van der Waals surface area contributed by atoms with E-state index in [1.807, 2.05) is 0 Å². The number of alkyl halides is 2. The van der Waals surface area contributed by atoms with E-state index in [1.54, 1.807) is 12.1 Å². The van der Waals surface area contributed by atoms with Crippen LogP contribution in [0.15, 0.2) is 23.3 Å². The molecule has 0 radical (unpaired) electrons. The highest BCUT2D eigenvalue weighted by Gasteiger charge is 2.10. The zero-order valence-electron chi connectivity index (χ0n) is 10.4. The van der Waals surface area contributed by atoms with Crippen LogP contribution in [0.2, 0.25) is 0 Å². The molecule has 0 saturated carbocycles. The average molecular weight is 270 g/mol. The van der Waals surface area contributed by atoms with Gasteiger partial charge in [-0.2, -0.15) is 0 Å². The van der Waals surface area contributed by atoms with Crippen molar-refractivity contribution in [2.75, 3.05) is 19.7 Å². The maximum Gasteiger partial charge on any atom is 0.272 e. The second-order valence-electron chi connectivity index (χ2n) is 4.03. The van der Waals surface area contributed by atoms with Crippen LogP contribution in [-0.4, -0.2) is 37.1 Å². The molecule has 5 nitrogen and oxygen atoms in total. The van der Waals surface area contributed by atoms with Crippen LogP contribution in [0.4, 0.5) is 8.78 Å². The van der Waals surface area contributed by atoms with E-state index >= 15 is 0 Å². The first-order chi connectivity index (χ1) is 9.25. The minimum Gasteiger partial charge on any atom is -0.471 e. The minimum atomic E-state index is -2.51. The van der Waals surface area contributed by atoms with Gasteiger partial charge in [0, 0.05) is 31.4 Å². The summed E-state index contributed by atoms with van der Waals surface area (Å²) in [6.07, 6.45) is 0.0220. The Kier molecular flexibility index (Phi) is 4.88. The Balaban J connectivity index is 1.93. The van der Waals surface area contributed by atoms with E-state index < -0.39 is 13.0 Å². The number of halogens is 2. The predicted molar refractivity (Wildman–Crippen MR) is 67.5 cm³/mol. The van der Waals surface area contributed by atoms with Crippen LogP contribution in [0.3, 0.4) is 0 Å². The molecule has 1 aliphatic heterocycles. The molecule has 19 heavy (non-hydrogen) atoms. The molecule has 104 valence electrons. The van der Waals surface area contributed by atoms with E-state index in [0.717, 1.165) is 31.0 Å². The number of aromatic nitrogens is 1. The number of guanidine groups is 1. The predicted octanol–water partition coefficient (Wildman–Crippen LogP) is 1.16. The highest BCUT2D eigenvalue weighted by molar-refractivity contribution is 5.80. The molecule has 0 bridgehead atoms. The molecule has 1 aromatic heterocycles. The largest absolute Gasteiger partial charge is 0.471 e. The lowest BCUT2D eigenvalue weighted by molar-refractivity contribution is 0.0790. The number of aliphatic imine (C=N–C) groups is 1. The standard InChI is InChI=1S/C12H16F2N4O/c13-10(14)8-19-11-9(3-1-4-15-11)7-18-12-16-5-2-6-17-12/h1,3-4,10H,2,5-8H2,(H2,16,17,18). The molecule has 1 aromatic rings. The van der Waals surface area contributed by atoms with Gasteiger partial charge in [-0.05, 0) is 12.5 Å². The molecule has 7 heteroatoms. The molecule has 0 unspecified atom stereocenters. The molecule has 1 aliphatic rings. The topological polar surface area (TPSA) is 58.5 Å². The number of ether oxygens (including phenoxy) is 1. The summed E-state index contributed by atoms with van der Waals surface area (Å²) in [5.41, 5.74) is 0.721. The van der Waals surface area contributed by atoms with Gasteiger partial charge in [0.25, 0.3) is 6.43 Å². The minimum absolute atomic E-state index is 0.228. The van der Waals surface area contributed by atoms with Gasteiger partial charge in [-0.1, -0.05) is 6.07 Å². The molecule has 0 atom stereocenters. The summed E-state index contributed by atoms with van der Waals surface area (Å²) in [6.45, 7) is 1.45. The summed E-state index contributed by atoms with van der Waals surface area (Å²) >= 11 is 0. The Morgan fingerprint density at radius 2 is 2.37 bits per heavy atom. The van der Waals surface area contributed by atoms with Crippen molar-refractivity contribution in [1.82, 2.24) is 15.6 Å². The molecule has 2 heterocycles. The summed E-state index contributed by atoms with van der Waals surface area (Å²) in [5, 5.41) is 6.21. The lowest BCUT2D eigenvalue weighted by atomic mass is 10.2. The first-order valence-electron chi connectivity index (χ1n) is 6.13. The Hall–Kier alpha value is -1.92. The molecule has 0 amide bonds. The van der Waals surface area contributed by atoms with Crippen LogP contribution >= 0.6 is 0 Å². The third-order valence-electron chi connectivity index (χ3n) is 2.54. The fraction of sp³-hybridized carbons (Fsp3) is 0.500. The Morgan fingerprint density at radius 1 is 1.47 bits per heavy atom. The van der Waals surface area contributed by atoms with E-state index in [2.05, 4.69) is 20.6 Å². The lowest BCUT2D eigenvalue weighted by Crippen LogP contribution is -2.40. The van der Waals surface area contributed by atoms with Gasteiger partial charge < -0.3 is 15.4 Å². The van der Waals surface area contributed by atoms with Crippen molar-refractivity contribution >= 4 is 5.96 Å². The zero-order valence-corrected chi connectivity index (χ0v) is 10.4. The van der Waals surface area contributed by atoms with Crippen LogP contribution in [0.25, 0.3) is 0 Å². The molecule has 0 fully saturated rings. The van der Waals surface area contributed by atoms with Crippen LogP contribution < -0.4 is 15.4 Å². The van der Waals surface area contributed by atoms with Gasteiger partial charge in [0.2, 0.25) is 5.88 Å². The van der Waals surface area contributed by atoms with Gasteiger partial charge >= 0.3 is 0 Å². The van der Waals surface area contributed by atoms with E-state index in [-0.39, 0.29) is 5.88 Å². The molecule has 0 aliphatic carbocycles. The quantitative estimate of drug-likeness (QED) is 0.843. The highest BCUT2D eigenvalue weighted by atomic mass is 19.3. The third-order valence-corrected chi connectivity index (χ3v) is 2.54. The average Bonchev–Trinajstić information content (AvgIpc) is 2.45. The van der Waals surface area contributed by atoms with Gasteiger partial charge in [-0.3, -0.25) is 4.99 Å². The number of pyridine rings is 1. The summed E-state index contributed by atoms with van der Waals surface area (Å²) in [7, 11) is 0. The fourth-order valence-corrected chi connectivity index (χ4v) is 1.66. The molecule has 0 saturated heterocycles. The van der Waals surface area contributed by atoms with Crippen molar-refractivity contribution in [2.45, 2.75) is 19.4 Å². The third kappa shape index (κ3) is 4.35. The molecular formula is C12H16F2N4O. The molecule has 0 aromatic carbocycles. The van der Waals surface area contributed by atoms with Crippen LogP contribution in [0, 0.1) is 0 Å². The monoisotopic (exact) mass is 270 g/mol. The van der Waals surface area contributed by atoms with E-state index in [0.29, 0.717) is 6.54 Å². The van der Waals surface area contributed by atoms with Gasteiger partial charge in [-0.25, -0.2) is 13.8 Å². The van der Waals surface area contributed by atoms with Crippen molar-refractivity contribution in [3.8, 4) is 5.88 Å². The van der Waals surface area contributed by atoms with Crippen molar-refractivity contribution in [3.63, 3.8) is 0 Å². The fourth-order valence-electron chi connectivity index (χ4n) is 1.66. The number of hydrogen-bond acceptors (Lipinski definition) is 5. The molecule has 2 N–H and O–H groups in total. The Labute approximate surface area is 110 Å². The second-order valence-corrected chi connectivity index (χ2v) is 4.03. The first-order valence-corrected chi connectivity index (χ1v) is 6.13. The van der Waals surface area contributed by atoms with Crippen molar-refractivity contribution in [2.24, 2.45) is 4.99 Å². The smallest absolute Gasteiger partial charge is 0.272 e. The van der Waals surface area contributed by atoms with Gasteiger partial charge in [-0.15, -0.1) is 0 Å². The lowest BCUT2D eigenvalue weighted by Gasteiger charge is -2.17. The summed E-state index contributed by atoms with van der Waals surface area (Å²) in [5.74, 6) is 0.946. The first kappa shape index (κ1) is 13.5. The van der Waals surface area contributed by atoms with Crippen molar-refractivity contribution in [3.05, 3.63) is 23.9 Å². The maximum absolute atomic E-state index is 12.1. The molecule has 0 spiro atoms. The Morgan fingerprint density at radius 3 is 3.11 bits per heavy atom. The second kappa shape index (κ2) is 6.86. The number of nitrogens with zero attached hydrogens (tertiary/aromatic N) is 2. The summed E-state index contributed by atoms with van der Waals surface area (Å²) in [4.78, 5) is 8.22. The zero-order chi connectivity index (χ0) is 13.5. The normalized spacial score (nSPS) is 14.8. The number of rotatable bonds is 5. The van der Waals surface area contributed by atoms with Crippen LogP contribution in [-0.2, 0) is 6.54 Å². The van der Waals surface area contributed by atoms with Gasteiger partial charge in [0.1, 0.15) is 0 Å². The van der Waals surface area contributed by atoms with E-state index in [9.17, 15) is 8.78 Å². The number of nitrogens with one attached hydrogen (secondary N) is 2. The SMILES string of the molecule is FC(F)COc1ncccc1CNC1=NCCCN1. The van der Waals surface area contributed by atoms with Crippen LogP contribution in [0.5, 0.6) is 5.88 Å². The summed E-state index contributed by atoms with van der Waals surface area (Å²) in [6, 6.07) is 3.52. The molecule has 2 rings (SSSR count). The van der Waals surface area contributed by atoms with E-state index in [4.69, 9.17) is 4.74 Å². The highest BCUT2D eigenvalue weighted by Crippen LogP contribution is 2.14. The van der Waals surface area contributed by atoms with Crippen molar-refractivity contribution < 1.29 is 13.5 Å². The number of hydrogen-bond donors (Lipinski definition) is 2. The van der Waals surface area contributed by atoms with Crippen molar-refractivity contribution in [1.29, 1.82) is 0 Å². The van der Waals surface area contributed by atoms with E-state index in [1.165, 1.54) is 6.20 Å².